The van der Waals surface area contributed by atoms with E-state index in [1.54, 1.807) is 7.11 Å². The van der Waals surface area contributed by atoms with Crippen LogP contribution in [0.15, 0.2) is 0 Å². The summed E-state index contributed by atoms with van der Waals surface area (Å²) in [5, 5.41) is 0. The number of ether oxygens (including phenoxy) is 2. The van der Waals surface area contributed by atoms with Gasteiger partial charge in [0.05, 0.1) is 17.8 Å². The summed E-state index contributed by atoms with van der Waals surface area (Å²) in [7, 11) is 1.74. The van der Waals surface area contributed by atoms with E-state index in [1.807, 2.05) is 0 Å². The number of hydrogen-bond acceptors (Lipinski definition) is 2. The molecule has 0 aliphatic carbocycles. The lowest BCUT2D eigenvalue weighted by molar-refractivity contribution is -0.00149. The van der Waals surface area contributed by atoms with Crippen molar-refractivity contribution in [1.29, 1.82) is 0 Å². The zero-order valence-corrected chi connectivity index (χ0v) is 7.23. The van der Waals surface area contributed by atoms with Crippen LogP contribution in [-0.4, -0.2) is 24.9 Å². The van der Waals surface area contributed by atoms with Crippen LogP contribution in [0.4, 0.5) is 0 Å². The van der Waals surface area contributed by atoms with Crippen LogP contribution in [0.25, 0.3) is 0 Å². The van der Waals surface area contributed by atoms with E-state index >= 15 is 0 Å². The predicted molar refractivity (Wildman–Crippen MR) is 40.1 cm³/mol. The highest BCUT2D eigenvalue weighted by Gasteiger charge is 2.43. The molecule has 0 N–H and O–H groups in total. The molecule has 0 aromatic rings. The topological polar surface area (TPSA) is 21.8 Å². The van der Waals surface area contributed by atoms with Gasteiger partial charge in [-0.2, -0.15) is 0 Å². The van der Waals surface area contributed by atoms with Crippen molar-refractivity contribution in [3.05, 3.63) is 0 Å². The van der Waals surface area contributed by atoms with Crippen LogP contribution in [0.2, 0.25) is 0 Å². The third kappa shape index (κ3) is 1.96. The van der Waals surface area contributed by atoms with Gasteiger partial charge in [0.2, 0.25) is 0 Å². The molecule has 0 radical (unpaired) electrons. The van der Waals surface area contributed by atoms with Gasteiger partial charge in [0.25, 0.3) is 0 Å². The molecule has 2 nitrogen and oxygen atoms in total. The summed E-state index contributed by atoms with van der Waals surface area (Å²) >= 11 is 0. The van der Waals surface area contributed by atoms with Crippen molar-refractivity contribution in [3.8, 4) is 0 Å². The number of methoxy groups -OCH3 is 1. The summed E-state index contributed by atoms with van der Waals surface area (Å²) in [6.07, 6.45) is 0.983. The third-order valence-electron chi connectivity index (χ3n) is 1.99. The maximum atomic E-state index is 5.27. The highest BCUT2D eigenvalue weighted by atomic mass is 16.6. The van der Waals surface area contributed by atoms with Crippen molar-refractivity contribution >= 4 is 0 Å². The van der Waals surface area contributed by atoms with Crippen molar-refractivity contribution in [2.45, 2.75) is 38.4 Å². The molecule has 1 aliphatic rings. The molecule has 1 heterocycles. The molecular formula is C8H16O2. The van der Waals surface area contributed by atoms with E-state index in [1.165, 1.54) is 0 Å². The van der Waals surface area contributed by atoms with E-state index in [0.29, 0.717) is 0 Å². The van der Waals surface area contributed by atoms with Gasteiger partial charge in [0.15, 0.2) is 0 Å². The van der Waals surface area contributed by atoms with Crippen LogP contribution >= 0.6 is 0 Å². The molecule has 0 spiro atoms. The summed E-state index contributed by atoms with van der Waals surface area (Å²) < 4.78 is 10.5. The summed E-state index contributed by atoms with van der Waals surface area (Å²) in [5.74, 6) is 0. The summed E-state index contributed by atoms with van der Waals surface area (Å²) in [5.41, 5.74) is 0.0742. The second kappa shape index (κ2) is 2.21. The quantitative estimate of drug-likeness (QED) is 0.561. The Labute approximate surface area is 62.5 Å². The van der Waals surface area contributed by atoms with E-state index < -0.39 is 0 Å². The normalized spacial score (nSPS) is 32.4. The molecule has 1 rings (SSSR count). The Bertz CT molecular complexity index is 125. The van der Waals surface area contributed by atoms with E-state index in [-0.39, 0.29) is 11.2 Å². The molecule has 2 heteroatoms. The second-order valence-corrected chi connectivity index (χ2v) is 3.88. The fraction of sp³-hybridized carbons (Fsp3) is 1.00. The molecule has 0 saturated carbocycles. The smallest absolute Gasteiger partial charge is 0.0915 e. The molecule has 1 fully saturated rings. The summed E-state index contributed by atoms with van der Waals surface area (Å²) in [4.78, 5) is 0. The van der Waals surface area contributed by atoms with Crippen LogP contribution in [0.3, 0.4) is 0 Å². The van der Waals surface area contributed by atoms with E-state index in [0.717, 1.165) is 13.0 Å². The van der Waals surface area contributed by atoms with Gasteiger partial charge < -0.3 is 9.47 Å². The van der Waals surface area contributed by atoms with Gasteiger partial charge in [-0.25, -0.2) is 0 Å². The van der Waals surface area contributed by atoms with Crippen molar-refractivity contribution < 1.29 is 9.47 Å². The zero-order valence-electron chi connectivity index (χ0n) is 7.23. The fourth-order valence-corrected chi connectivity index (χ4v) is 1.20. The number of rotatable bonds is 3. The third-order valence-corrected chi connectivity index (χ3v) is 1.99. The van der Waals surface area contributed by atoms with Crippen LogP contribution in [0, 0.1) is 0 Å². The molecule has 0 amide bonds. The molecule has 0 bridgehead atoms. The van der Waals surface area contributed by atoms with Crippen molar-refractivity contribution in [2.24, 2.45) is 0 Å². The predicted octanol–water partition coefficient (Wildman–Crippen LogP) is 1.59. The minimum Gasteiger partial charge on any atom is -0.379 e. The molecule has 1 aliphatic heterocycles. The van der Waals surface area contributed by atoms with Crippen LogP contribution < -0.4 is 0 Å². The maximum absolute atomic E-state index is 5.27. The van der Waals surface area contributed by atoms with Gasteiger partial charge in [0, 0.05) is 13.5 Å². The highest BCUT2D eigenvalue weighted by Crippen LogP contribution is 2.35. The Kier molecular flexibility index (Phi) is 1.77. The lowest BCUT2D eigenvalue weighted by Gasteiger charge is -2.24. The Morgan fingerprint density at radius 1 is 1.60 bits per heavy atom. The molecule has 1 atom stereocenters. The Hall–Kier alpha value is -0.0800. The largest absolute Gasteiger partial charge is 0.379 e. The van der Waals surface area contributed by atoms with Crippen LogP contribution in [-0.2, 0) is 9.47 Å². The van der Waals surface area contributed by atoms with Crippen molar-refractivity contribution in [2.75, 3.05) is 13.7 Å². The second-order valence-electron chi connectivity index (χ2n) is 3.88. The first-order valence-corrected chi connectivity index (χ1v) is 3.67. The van der Waals surface area contributed by atoms with E-state index in [4.69, 9.17) is 9.47 Å². The van der Waals surface area contributed by atoms with Gasteiger partial charge in [0.1, 0.15) is 0 Å². The van der Waals surface area contributed by atoms with Gasteiger partial charge in [-0.05, 0) is 20.8 Å². The monoisotopic (exact) mass is 144 g/mol. The van der Waals surface area contributed by atoms with Gasteiger partial charge in [-0.15, -0.1) is 0 Å². The average Bonchev–Trinajstić information content (AvgIpc) is 2.47. The molecule has 60 valence electrons. The molecule has 1 unspecified atom stereocenters. The standard InChI is InChI=1S/C8H16O2/c1-7(2,9-4)5-8(3)6-10-8/h5-6H2,1-4H3. The molecule has 0 aromatic heterocycles. The maximum Gasteiger partial charge on any atom is 0.0915 e. The summed E-state index contributed by atoms with van der Waals surface area (Å²) in [6, 6.07) is 0. The minimum absolute atomic E-state index is 0.0365. The van der Waals surface area contributed by atoms with Gasteiger partial charge >= 0.3 is 0 Å². The average molecular weight is 144 g/mol. The zero-order chi connectivity index (χ0) is 7.83. The summed E-state index contributed by atoms with van der Waals surface area (Å²) in [6.45, 7) is 7.17. The first-order valence-electron chi connectivity index (χ1n) is 3.67. The first-order chi connectivity index (χ1) is 4.47. The molecule has 0 aromatic carbocycles. The van der Waals surface area contributed by atoms with Crippen molar-refractivity contribution in [1.82, 2.24) is 0 Å². The van der Waals surface area contributed by atoms with Crippen LogP contribution in [0.1, 0.15) is 27.2 Å². The Morgan fingerprint density at radius 2 is 2.10 bits per heavy atom. The SMILES string of the molecule is COC(C)(C)CC1(C)CO1. The van der Waals surface area contributed by atoms with Gasteiger partial charge in [-0.3, -0.25) is 0 Å². The molecule has 1 saturated heterocycles. The van der Waals surface area contributed by atoms with E-state index in [9.17, 15) is 0 Å². The first kappa shape index (κ1) is 8.02. The Morgan fingerprint density at radius 3 is 2.40 bits per heavy atom. The lowest BCUT2D eigenvalue weighted by Crippen LogP contribution is -2.29. The molecular weight excluding hydrogens is 128 g/mol. The minimum atomic E-state index is -0.0365. The van der Waals surface area contributed by atoms with E-state index in [2.05, 4.69) is 20.8 Å². The van der Waals surface area contributed by atoms with Crippen LogP contribution in [0.5, 0.6) is 0 Å². The van der Waals surface area contributed by atoms with Gasteiger partial charge in [-0.1, -0.05) is 0 Å². The highest BCUT2D eigenvalue weighted by molar-refractivity contribution is 4.92. The Balaban J connectivity index is 2.36. The molecule has 10 heavy (non-hydrogen) atoms. The number of hydrogen-bond donors (Lipinski definition) is 0. The lowest BCUT2D eigenvalue weighted by atomic mass is 9.95. The fourth-order valence-electron chi connectivity index (χ4n) is 1.20. The van der Waals surface area contributed by atoms with Crippen molar-refractivity contribution in [3.63, 3.8) is 0 Å². The number of epoxide rings is 1.